The van der Waals surface area contributed by atoms with E-state index in [1.807, 2.05) is 4.68 Å². The summed E-state index contributed by atoms with van der Waals surface area (Å²) in [6.07, 6.45) is 2.52. The maximum absolute atomic E-state index is 9.79. The molecule has 1 unspecified atom stereocenters. The monoisotopic (exact) mass is 224 g/mol. The number of hydrogen-bond acceptors (Lipinski definition) is 2. The van der Waals surface area contributed by atoms with E-state index >= 15 is 0 Å². The van der Waals surface area contributed by atoms with Crippen molar-refractivity contribution in [2.75, 3.05) is 0 Å². The molecule has 0 aliphatic heterocycles. The molecule has 1 rings (SSSR count). The molecule has 0 bridgehead atoms. The van der Waals surface area contributed by atoms with Crippen molar-refractivity contribution in [1.29, 1.82) is 0 Å². The zero-order valence-electron chi connectivity index (χ0n) is 10.9. The Hall–Kier alpha value is -0.830. The Balaban J connectivity index is 2.62. The SMILES string of the molecule is CCc1cc(CCC(O)C(C)C)n(CC)n1. The van der Waals surface area contributed by atoms with Gasteiger partial charge in [-0.2, -0.15) is 5.10 Å². The van der Waals surface area contributed by atoms with Crippen LogP contribution in [-0.4, -0.2) is 21.0 Å². The van der Waals surface area contributed by atoms with Gasteiger partial charge in [0.25, 0.3) is 0 Å². The van der Waals surface area contributed by atoms with Gasteiger partial charge in [-0.1, -0.05) is 20.8 Å². The molecule has 0 aliphatic carbocycles. The molecule has 0 aliphatic rings. The topological polar surface area (TPSA) is 38.0 Å². The van der Waals surface area contributed by atoms with Crippen molar-refractivity contribution in [2.45, 2.75) is 59.6 Å². The molecular weight excluding hydrogens is 200 g/mol. The molecule has 0 aromatic carbocycles. The molecule has 92 valence electrons. The second kappa shape index (κ2) is 6.04. The summed E-state index contributed by atoms with van der Waals surface area (Å²) in [4.78, 5) is 0. The van der Waals surface area contributed by atoms with E-state index in [0.29, 0.717) is 5.92 Å². The smallest absolute Gasteiger partial charge is 0.0624 e. The predicted molar refractivity (Wildman–Crippen MR) is 66.4 cm³/mol. The minimum Gasteiger partial charge on any atom is -0.393 e. The van der Waals surface area contributed by atoms with Crippen LogP contribution in [0.15, 0.2) is 6.07 Å². The van der Waals surface area contributed by atoms with Crippen LogP contribution in [0.3, 0.4) is 0 Å². The van der Waals surface area contributed by atoms with Crippen molar-refractivity contribution >= 4 is 0 Å². The first kappa shape index (κ1) is 13.2. The highest BCUT2D eigenvalue weighted by Crippen LogP contribution is 2.13. The van der Waals surface area contributed by atoms with Crippen molar-refractivity contribution in [3.05, 3.63) is 17.5 Å². The summed E-state index contributed by atoms with van der Waals surface area (Å²) in [6.45, 7) is 9.25. The first-order valence-electron chi connectivity index (χ1n) is 6.32. The highest BCUT2D eigenvalue weighted by molar-refractivity contribution is 5.10. The van der Waals surface area contributed by atoms with Crippen LogP contribution in [0.1, 0.15) is 45.5 Å². The van der Waals surface area contributed by atoms with Gasteiger partial charge in [0.1, 0.15) is 0 Å². The normalized spacial score (nSPS) is 13.4. The lowest BCUT2D eigenvalue weighted by Gasteiger charge is -2.14. The van der Waals surface area contributed by atoms with Gasteiger partial charge in [-0.15, -0.1) is 0 Å². The van der Waals surface area contributed by atoms with E-state index in [0.717, 1.165) is 31.5 Å². The third-order valence-electron chi connectivity index (χ3n) is 3.04. The predicted octanol–water partition coefficient (Wildman–Crippen LogP) is 2.41. The highest BCUT2D eigenvalue weighted by Gasteiger charge is 2.11. The van der Waals surface area contributed by atoms with Gasteiger partial charge in [0.15, 0.2) is 0 Å². The summed E-state index contributed by atoms with van der Waals surface area (Å²) in [6, 6.07) is 2.16. The average Bonchev–Trinajstić information content (AvgIpc) is 2.68. The van der Waals surface area contributed by atoms with E-state index in [9.17, 15) is 5.11 Å². The quantitative estimate of drug-likeness (QED) is 0.806. The zero-order chi connectivity index (χ0) is 12.1. The number of hydrogen-bond donors (Lipinski definition) is 1. The fourth-order valence-corrected chi connectivity index (χ4v) is 1.79. The lowest BCUT2D eigenvalue weighted by molar-refractivity contribution is 0.116. The Morgan fingerprint density at radius 2 is 2.06 bits per heavy atom. The zero-order valence-corrected chi connectivity index (χ0v) is 10.9. The number of aryl methyl sites for hydroxylation is 3. The average molecular weight is 224 g/mol. The summed E-state index contributed by atoms with van der Waals surface area (Å²) < 4.78 is 2.05. The third-order valence-corrected chi connectivity index (χ3v) is 3.04. The van der Waals surface area contributed by atoms with Crippen LogP contribution in [-0.2, 0) is 19.4 Å². The third kappa shape index (κ3) is 3.34. The van der Waals surface area contributed by atoms with Crippen molar-refractivity contribution in [3.63, 3.8) is 0 Å². The van der Waals surface area contributed by atoms with Gasteiger partial charge in [-0.3, -0.25) is 4.68 Å². The molecule has 0 spiro atoms. The van der Waals surface area contributed by atoms with Crippen LogP contribution in [0.25, 0.3) is 0 Å². The van der Waals surface area contributed by atoms with Crippen LogP contribution >= 0.6 is 0 Å². The van der Waals surface area contributed by atoms with Gasteiger partial charge in [0.2, 0.25) is 0 Å². The first-order valence-corrected chi connectivity index (χ1v) is 6.32. The first-order chi connectivity index (χ1) is 7.58. The van der Waals surface area contributed by atoms with Gasteiger partial charge >= 0.3 is 0 Å². The van der Waals surface area contributed by atoms with Crippen LogP contribution in [0.5, 0.6) is 0 Å². The number of rotatable bonds is 6. The second-order valence-electron chi connectivity index (χ2n) is 4.65. The number of aliphatic hydroxyl groups is 1. The fourth-order valence-electron chi connectivity index (χ4n) is 1.79. The van der Waals surface area contributed by atoms with Gasteiger partial charge in [-0.05, 0) is 38.2 Å². The Labute approximate surface area is 98.5 Å². The minimum absolute atomic E-state index is 0.203. The summed E-state index contributed by atoms with van der Waals surface area (Å²) in [5, 5.41) is 14.3. The lowest BCUT2D eigenvalue weighted by Crippen LogP contribution is -2.16. The van der Waals surface area contributed by atoms with Gasteiger partial charge in [-0.25, -0.2) is 0 Å². The molecule has 3 heteroatoms. The fraction of sp³-hybridized carbons (Fsp3) is 0.769. The molecular formula is C13H24N2O. The van der Waals surface area contributed by atoms with Crippen molar-refractivity contribution < 1.29 is 5.11 Å². The van der Waals surface area contributed by atoms with Crippen molar-refractivity contribution in [3.8, 4) is 0 Å². The number of aliphatic hydroxyl groups excluding tert-OH is 1. The molecule has 16 heavy (non-hydrogen) atoms. The molecule has 0 amide bonds. The summed E-state index contributed by atoms with van der Waals surface area (Å²) >= 11 is 0. The van der Waals surface area contributed by atoms with Gasteiger partial charge in [0, 0.05) is 12.2 Å². The van der Waals surface area contributed by atoms with E-state index in [1.54, 1.807) is 0 Å². The van der Waals surface area contributed by atoms with E-state index in [4.69, 9.17) is 0 Å². The molecule has 1 aromatic rings. The van der Waals surface area contributed by atoms with E-state index in [-0.39, 0.29) is 6.10 Å². The van der Waals surface area contributed by atoms with Gasteiger partial charge < -0.3 is 5.11 Å². The summed E-state index contributed by atoms with van der Waals surface area (Å²) in [5.74, 6) is 0.337. The van der Waals surface area contributed by atoms with E-state index in [1.165, 1.54) is 5.69 Å². The molecule has 1 heterocycles. The molecule has 0 radical (unpaired) electrons. The molecule has 1 atom stereocenters. The molecule has 3 nitrogen and oxygen atoms in total. The number of nitrogens with zero attached hydrogens (tertiary/aromatic N) is 2. The number of aromatic nitrogens is 2. The molecule has 0 fully saturated rings. The van der Waals surface area contributed by atoms with Crippen LogP contribution in [0.4, 0.5) is 0 Å². The second-order valence-corrected chi connectivity index (χ2v) is 4.65. The summed E-state index contributed by atoms with van der Waals surface area (Å²) in [7, 11) is 0. The van der Waals surface area contributed by atoms with Crippen molar-refractivity contribution in [2.24, 2.45) is 5.92 Å². The summed E-state index contributed by atoms with van der Waals surface area (Å²) in [5.41, 5.74) is 2.40. The molecule has 0 saturated heterocycles. The largest absolute Gasteiger partial charge is 0.393 e. The molecule has 1 N–H and O–H groups in total. The lowest BCUT2D eigenvalue weighted by atomic mass is 10.0. The Bertz CT molecular complexity index is 318. The van der Waals surface area contributed by atoms with E-state index < -0.39 is 0 Å². The highest BCUT2D eigenvalue weighted by atomic mass is 16.3. The van der Waals surface area contributed by atoms with Crippen LogP contribution < -0.4 is 0 Å². The molecule has 0 saturated carbocycles. The minimum atomic E-state index is -0.203. The Kier molecular flexibility index (Phi) is 5.00. The van der Waals surface area contributed by atoms with E-state index in [2.05, 4.69) is 38.9 Å². The maximum atomic E-state index is 9.79. The standard InChI is InChI=1S/C13H24N2O/c1-5-11-9-12(15(6-2)14-11)7-8-13(16)10(3)4/h9-10,13,16H,5-8H2,1-4H3. The molecule has 1 aromatic heterocycles. The van der Waals surface area contributed by atoms with Gasteiger partial charge in [0.05, 0.1) is 11.8 Å². The van der Waals surface area contributed by atoms with Crippen molar-refractivity contribution in [1.82, 2.24) is 9.78 Å². The van der Waals surface area contributed by atoms with Crippen LogP contribution in [0, 0.1) is 5.92 Å². The Morgan fingerprint density at radius 1 is 1.38 bits per heavy atom. The Morgan fingerprint density at radius 3 is 2.56 bits per heavy atom. The van der Waals surface area contributed by atoms with Crippen LogP contribution in [0.2, 0.25) is 0 Å². The maximum Gasteiger partial charge on any atom is 0.0624 e.